The Hall–Kier alpha value is -1.55. The fraction of sp³-hybridized carbons (Fsp3) is 0.588. The molecule has 118 valence electrons. The van der Waals surface area contributed by atoms with Gasteiger partial charge < -0.3 is 14.8 Å². The second-order valence-corrected chi connectivity index (χ2v) is 5.79. The zero-order chi connectivity index (χ0) is 15.8. The topological polar surface area (TPSA) is 47.6 Å². The van der Waals surface area contributed by atoms with E-state index in [2.05, 4.69) is 19.2 Å². The Bertz CT molecular complexity index is 455. The second-order valence-electron chi connectivity index (χ2n) is 5.79. The molecule has 21 heavy (non-hydrogen) atoms. The van der Waals surface area contributed by atoms with Crippen LogP contribution in [0.2, 0.25) is 0 Å². The molecule has 0 aliphatic carbocycles. The molecule has 0 radical (unpaired) electrons. The lowest BCUT2D eigenvalue weighted by molar-refractivity contribution is 0.0931. The highest BCUT2D eigenvalue weighted by Crippen LogP contribution is 2.21. The van der Waals surface area contributed by atoms with Crippen LogP contribution in [0.3, 0.4) is 0 Å². The molecule has 0 heterocycles. The lowest BCUT2D eigenvalue weighted by Crippen LogP contribution is -2.30. The van der Waals surface area contributed by atoms with Crippen molar-refractivity contribution >= 4 is 5.91 Å². The van der Waals surface area contributed by atoms with Crippen molar-refractivity contribution in [2.75, 3.05) is 13.2 Å². The van der Waals surface area contributed by atoms with E-state index in [0.717, 1.165) is 11.3 Å². The largest absolute Gasteiger partial charge is 0.494 e. The van der Waals surface area contributed by atoms with Gasteiger partial charge in [-0.2, -0.15) is 0 Å². The van der Waals surface area contributed by atoms with Gasteiger partial charge in [0.05, 0.1) is 13.2 Å². The highest BCUT2D eigenvalue weighted by Gasteiger charge is 2.11. The highest BCUT2D eigenvalue weighted by atomic mass is 16.5. The van der Waals surface area contributed by atoms with Crippen LogP contribution in [-0.4, -0.2) is 25.2 Å². The predicted octanol–water partition coefficient (Wildman–Crippen LogP) is 3.40. The van der Waals surface area contributed by atoms with Crippen LogP contribution in [0.4, 0.5) is 0 Å². The minimum atomic E-state index is -0.0711. The summed E-state index contributed by atoms with van der Waals surface area (Å²) in [7, 11) is 0. The standard InChI is InChI=1S/C17H27NO3/c1-6-21-16-8-7-14(17(19)18-13(4)5)9-15(16)11-20-10-12(2)3/h7-9,12-13H,6,10-11H2,1-5H3,(H,18,19). The smallest absolute Gasteiger partial charge is 0.251 e. The number of rotatable bonds is 8. The molecule has 1 rings (SSSR count). The second kappa shape index (κ2) is 8.67. The van der Waals surface area contributed by atoms with E-state index in [4.69, 9.17) is 9.47 Å². The number of carbonyl (C=O) groups is 1. The molecule has 0 aliphatic rings. The van der Waals surface area contributed by atoms with Crippen LogP contribution in [0.25, 0.3) is 0 Å². The molecular formula is C17H27NO3. The van der Waals surface area contributed by atoms with E-state index in [9.17, 15) is 4.79 Å². The highest BCUT2D eigenvalue weighted by molar-refractivity contribution is 5.94. The lowest BCUT2D eigenvalue weighted by atomic mass is 10.1. The van der Waals surface area contributed by atoms with E-state index in [0.29, 0.717) is 31.3 Å². The third-order valence-corrected chi connectivity index (χ3v) is 2.75. The number of benzene rings is 1. The first-order valence-corrected chi connectivity index (χ1v) is 7.58. The summed E-state index contributed by atoms with van der Waals surface area (Å²) in [4.78, 5) is 12.1. The summed E-state index contributed by atoms with van der Waals surface area (Å²) >= 11 is 0. The molecule has 0 bridgehead atoms. The molecule has 0 aromatic heterocycles. The molecule has 1 N–H and O–H groups in total. The van der Waals surface area contributed by atoms with Gasteiger partial charge in [-0.15, -0.1) is 0 Å². The van der Waals surface area contributed by atoms with Gasteiger partial charge in [0.25, 0.3) is 5.91 Å². The van der Waals surface area contributed by atoms with Crippen LogP contribution < -0.4 is 10.1 Å². The van der Waals surface area contributed by atoms with Gasteiger partial charge in [0, 0.05) is 23.8 Å². The molecule has 4 heteroatoms. The van der Waals surface area contributed by atoms with Crippen LogP contribution >= 0.6 is 0 Å². The van der Waals surface area contributed by atoms with E-state index in [1.54, 1.807) is 6.07 Å². The van der Waals surface area contributed by atoms with E-state index in [-0.39, 0.29) is 11.9 Å². The molecule has 0 unspecified atom stereocenters. The molecule has 1 amide bonds. The van der Waals surface area contributed by atoms with Gasteiger partial charge >= 0.3 is 0 Å². The van der Waals surface area contributed by atoms with Crippen molar-refractivity contribution < 1.29 is 14.3 Å². The summed E-state index contributed by atoms with van der Waals surface area (Å²) in [5, 5.41) is 2.89. The average Bonchev–Trinajstić information content (AvgIpc) is 2.39. The number of carbonyl (C=O) groups excluding carboxylic acids is 1. The van der Waals surface area contributed by atoms with Crippen molar-refractivity contribution in [1.82, 2.24) is 5.32 Å². The minimum Gasteiger partial charge on any atom is -0.494 e. The Labute approximate surface area is 127 Å². The molecule has 0 saturated heterocycles. The van der Waals surface area contributed by atoms with E-state index >= 15 is 0 Å². The van der Waals surface area contributed by atoms with Crippen LogP contribution in [-0.2, 0) is 11.3 Å². The van der Waals surface area contributed by atoms with Gasteiger partial charge in [-0.05, 0) is 44.9 Å². The molecule has 0 fully saturated rings. The first kappa shape index (κ1) is 17.5. The number of hydrogen-bond acceptors (Lipinski definition) is 3. The first-order chi connectivity index (χ1) is 9.93. The molecule has 1 aromatic rings. The molecule has 0 atom stereocenters. The van der Waals surface area contributed by atoms with Crippen LogP contribution in [0.5, 0.6) is 5.75 Å². The molecule has 0 spiro atoms. The molecular weight excluding hydrogens is 266 g/mol. The fourth-order valence-corrected chi connectivity index (χ4v) is 1.88. The van der Waals surface area contributed by atoms with Crippen LogP contribution in [0.15, 0.2) is 18.2 Å². The first-order valence-electron chi connectivity index (χ1n) is 7.58. The molecule has 1 aromatic carbocycles. The Morgan fingerprint density at radius 1 is 1.24 bits per heavy atom. The summed E-state index contributed by atoms with van der Waals surface area (Å²) in [5.74, 6) is 1.19. The van der Waals surface area contributed by atoms with Crippen molar-refractivity contribution in [3.63, 3.8) is 0 Å². The van der Waals surface area contributed by atoms with Crippen molar-refractivity contribution in [1.29, 1.82) is 0 Å². The van der Waals surface area contributed by atoms with E-state index < -0.39 is 0 Å². The monoisotopic (exact) mass is 293 g/mol. The van der Waals surface area contributed by atoms with Gasteiger partial charge in [0.15, 0.2) is 0 Å². The maximum absolute atomic E-state index is 12.1. The summed E-state index contributed by atoms with van der Waals surface area (Å²) in [6.45, 7) is 11.8. The SMILES string of the molecule is CCOc1ccc(C(=O)NC(C)C)cc1COCC(C)C. The summed E-state index contributed by atoms with van der Waals surface area (Å²) < 4.78 is 11.3. The van der Waals surface area contributed by atoms with Crippen molar-refractivity contribution in [3.05, 3.63) is 29.3 Å². The van der Waals surface area contributed by atoms with Crippen molar-refractivity contribution in [2.45, 2.75) is 47.3 Å². The fourth-order valence-electron chi connectivity index (χ4n) is 1.88. The summed E-state index contributed by atoms with van der Waals surface area (Å²) in [6, 6.07) is 5.59. The number of hydrogen-bond donors (Lipinski definition) is 1. The van der Waals surface area contributed by atoms with Crippen molar-refractivity contribution in [2.24, 2.45) is 5.92 Å². The van der Waals surface area contributed by atoms with Gasteiger partial charge in [-0.3, -0.25) is 4.79 Å². The maximum Gasteiger partial charge on any atom is 0.251 e. The van der Waals surface area contributed by atoms with Gasteiger partial charge in [0.1, 0.15) is 5.75 Å². The Morgan fingerprint density at radius 3 is 2.52 bits per heavy atom. The van der Waals surface area contributed by atoms with Gasteiger partial charge in [0.2, 0.25) is 0 Å². The predicted molar refractivity (Wildman–Crippen MR) is 84.7 cm³/mol. The molecule has 0 aliphatic heterocycles. The van der Waals surface area contributed by atoms with Crippen LogP contribution in [0, 0.1) is 5.92 Å². The molecule has 4 nitrogen and oxygen atoms in total. The number of nitrogens with one attached hydrogen (secondary N) is 1. The molecule has 0 saturated carbocycles. The maximum atomic E-state index is 12.1. The average molecular weight is 293 g/mol. The third-order valence-electron chi connectivity index (χ3n) is 2.75. The van der Waals surface area contributed by atoms with Crippen LogP contribution in [0.1, 0.15) is 50.5 Å². The van der Waals surface area contributed by atoms with E-state index in [1.165, 1.54) is 0 Å². The zero-order valence-corrected chi connectivity index (χ0v) is 13.7. The quantitative estimate of drug-likeness (QED) is 0.799. The summed E-state index contributed by atoms with van der Waals surface area (Å²) in [5.41, 5.74) is 1.55. The van der Waals surface area contributed by atoms with Gasteiger partial charge in [-0.1, -0.05) is 13.8 Å². The van der Waals surface area contributed by atoms with Crippen molar-refractivity contribution in [3.8, 4) is 5.75 Å². The lowest BCUT2D eigenvalue weighted by Gasteiger charge is -2.14. The third kappa shape index (κ3) is 6.17. The normalized spacial score (nSPS) is 11.0. The zero-order valence-electron chi connectivity index (χ0n) is 13.7. The minimum absolute atomic E-state index is 0.0711. The van der Waals surface area contributed by atoms with E-state index in [1.807, 2.05) is 32.9 Å². The summed E-state index contributed by atoms with van der Waals surface area (Å²) in [6.07, 6.45) is 0. The Balaban J connectivity index is 2.86. The van der Waals surface area contributed by atoms with Gasteiger partial charge in [-0.25, -0.2) is 0 Å². The number of amides is 1. The Kier molecular flexibility index (Phi) is 7.23. The number of ether oxygens (including phenoxy) is 2. The Morgan fingerprint density at radius 2 is 1.95 bits per heavy atom.